The average Bonchev–Trinajstić information content (AvgIpc) is 3.07. The van der Waals surface area contributed by atoms with Crippen LogP contribution in [0.4, 0.5) is 14.9 Å². The van der Waals surface area contributed by atoms with Gasteiger partial charge in [0.05, 0.1) is 12.0 Å². The summed E-state index contributed by atoms with van der Waals surface area (Å²) in [7, 11) is 0. The van der Waals surface area contributed by atoms with Crippen molar-refractivity contribution in [1.82, 2.24) is 4.90 Å². The third-order valence-corrected chi connectivity index (χ3v) is 7.60. The van der Waals surface area contributed by atoms with E-state index in [-0.39, 0.29) is 23.9 Å². The fourth-order valence-electron chi connectivity index (χ4n) is 3.39. The van der Waals surface area contributed by atoms with E-state index in [2.05, 4.69) is 50.5 Å². The zero-order valence-corrected chi connectivity index (χ0v) is 24.0. The number of halogens is 3. The highest BCUT2D eigenvalue weighted by molar-refractivity contribution is 14.1. The molecule has 6 nitrogen and oxygen atoms in total. The van der Waals surface area contributed by atoms with Crippen molar-refractivity contribution < 1.29 is 23.5 Å². The first-order chi connectivity index (χ1) is 17.2. The quantitative estimate of drug-likeness (QED) is 0.220. The molecule has 0 aliphatic carbocycles. The van der Waals surface area contributed by atoms with Crippen molar-refractivity contribution in [3.05, 3.63) is 95.2 Å². The van der Waals surface area contributed by atoms with Gasteiger partial charge in [0.1, 0.15) is 24.7 Å². The standard InChI is InChI=1S/C26H19FI2N2O4S/c1-15-3-2-4-19(9-15)30-23(32)13-31-25(33)22(36-26(31)34)12-17-10-20(28)24(21(29)11-17)35-14-16-5-7-18(27)8-6-16/h2-12H,13-14H2,1H3,(H,30,32)/b22-12-. The minimum atomic E-state index is -0.508. The first kappa shape index (κ1) is 26.6. The van der Waals surface area contributed by atoms with Crippen LogP contribution in [0.5, 0.6) is 5.75 Å². The summed E-state index contributed by atoms with van der Waals surface area (Å²) in [5.74, 6) is -0.580. The van der Waals surface area contributed by atoms with Gasteiger partial charge in [-0.25, -0.2) is 4.39 Å². The molecule has 184 valence electrons. The lowest BCUT2D eigenvalue weighted by atomic mass is 10.2. The molecule has 0 atom stereocenters. The van der Waals surface area contributed by atoms with Gasteiger partial charge in [0, 0.05) is 5.69 Å². The van der Waals surface area contributed by atoms with E-state index >= 15 is 0 Å². The summed E-state index contributed by atoms with van der Waals surface area (Å²) in [4.78, 5) is 38.9. The summed E-state index contributed by atoms with van der Waals surface area (Å²) < 4.78 is 20.7. The summed E-state index contributed by atoms with van der Waals surface area (Å²) in [5, 5.41) is 2.22. The molecule has 4 rings (SSSR count). The predicted octanol–water partition coefficient (Wildman–Crippen LogP) is 6.60. The summed E-state index contributed by atoms with van der Waals surface area (Å²) in [6.45, 7) is 1.83. The predicted molar refractivity (Wildman–Crippen MR) is 155 cm³/mol. The number of carbonyl (C=O) groups excluding carboxylic acids is 3. The minimum absolute atomic E-state index is 0.245. The molecule has 3 aromatic rings. The van der Waals surface area contributed by atoms with E-state index in [1.165, 1.54) is 12.1 Å². The molecule has 0 bridgehead atoms. The minimum Gasteiger partial charge on any atom is -0.487 e. The lowest BCUT2D eigenvalue weighted by Gasteiger charge is -2.13. The van der Waals surface area contributed by atoms with E-state index in [0.29, 0.717) is 11.4 Å². The van der Waals surface area contributed by atoms with Crippen LogP contribution in [0, 0.1) is 19.9 Å². The molecule has 1 N–H and O–H groups in total. The Morgan fingerprint density at radius 2 is 1.78 bits per heavy atom. The number of thioether (sulfide) groups is 1. The largest absolute Gasteiger partial charge is 0.487 e. The molecule has 1 aliphatic rings. The van der Waals surface area contributed by atoms with Crippen molar-refractivity contribution >= 4 is 85.8 Å². The van der Waals surface area contributed by atoms with Gasteiger partial charge < -0.3 is 10.1 Å². The highest BCUT2D eigenvalue weighted by atomic mass is 127. The number of aryl methyl sites for hydroxylation is 1. The number of amides is 3. The van der Waals surface area contributed by atoms with Crippen molar-refractivity contribution in [1.29, 1.82) is 0 Å². The van der Waals surface area contributed by atoms with Crippen LogP contribution in [0.15, 0.2) is 65.6 Å². The number of ether oxygens (including phenoxy) is 1. The molecule has 1 aliphatic heterocycles. The van der Waals surface area contributed by atoms with E-state index in [4.69, 9.17) is 4.74 Å². The van der Waals surface area contributed by atoms with Gasteiger partial charge in [-0.15, -0.1) is 0 Å². The molecule has 0 saturated carbocycles. The monoisotopic (exact) mass is 728 g/mol. The van der Waals surface area contributed by atoms with E-state index in [1.807, 2.05) is 37.3 Å². The molecule has 0 unspecified atom stereocenters. The first-order valence-electron chi connectivity index (χ1n) is 10.7. The second-order valence-electron chi connectivity index (χ2n) is 7.91. The summed E-state index contributed by atoms with van der Waals surface area (Å²) in [5.41, 5.74) is 3.16. The summed E-state index contributed by atoms with van der Waals surface area (Å²) >= 11 is 5.10. The number of hydrogen-bond acceptors (Lipinski definition) is 5. The lowest BCUT2D eigenvalue weighted by Crippen LogP contribution is -2.36. The number of nitrogens with one attached hydrogen (secondary N) is 1. The second-order valence-corrected chi connectivity index (χ2v) is 11.2. The molecule has 0 spiro atoms. The molecule has 3 aromatic carbocycles. The van der Waals surface area contributed by atoms with Crippen molar-refractivity contribution in [2.45, 2.75) is 13.5 Å². The van der Waals surface area contributed by atoms with Gasteiger partial charge in [-0.1, -0.05) is 24.3 Å². The van der Waals surface area contributed by atoms with Crippen LogP contribution in [0.2, 0.25) is 0 Å². The highest BCUT2D eigenvalue weighted by Crippen LogP contribution is 2.35. The SMILES string of the molecule is Cc1cccc(NC(=O)CN2C(=O)S/C(=C\c3cc(I)c(OCc4ccc(F)cc4)c(I)c3)C2=O)c1. The van der Waals surface area contributed by atoms with E-state index in [1.54, 1.807) is 24.3 Å². The third kappa shape index (κ3) is 6.65. The van der Waals surface area contributed by atoms with Crippen molar-refractivity contribution in [2.75, 3.05) is 11.9 Å². The maximum absolute atomic E-state index is 13.1. The zero-order valence-electron chi connectivity index (χ0n) is 18.9. The Labute approximate surface area is 238 Å². The Hall–Kier alpha value is -2.45. The smallest absolute Gasteiger partial charge is 0.294 e. The van der Waals surface area contributed by atoms with Gasteiger partial charge in [-0.2, -0.15) is 0 Å². The Balaban J connectivity index is 1.43. The van der Waals surface area contributed by atoms with Gasteiger partial charge in [0.25, 0.3) is 11.1 Å². The lowest BCUT2D eigenvalue weighted by molar-refractivity contribution is -0.127. The van der Waals surface area contributed by atoms with Crippen LogP contribution < -0.4 is 10.1 Å². The highest BCUT2D eigenvalue weighted by Gasteiger charge is 2.36. The van der Waals surface area contributed by atoms with Crippen molar-refractivity contribution in [3.8, 4) is 5.75 Å². The van der Waals surface area contributed by atoms with Crippen molar-refractivity contribution in [3.63, 3.8) is 0 Å². The topological polar surface area (TPSA) is 75.7 Å². The Bertz CT molecular complexity index is 1360. The van der Waals surface area contributed by atoms with Crippen LogP contribution in [0.3, 0.4) is 0 Å². The van der Waals surface area contributed by atoms with E-state index < -0.39 is 17.1 Å². The summed E-state index contributed by atoms with van der Waals surface area (Å²) in [6.07, 6.45) is 1.64. The normalized spacial score (nSPS) is 14.4. The van der Waals surface area contributed by atoms with Crippen LogP contribution in [-0.4, -0.2) is 28.5 Å². The van der Waals surface area contributed by atoms with Crippen LogP contribution >= 0.6 is 56.9 Å². The average molecular weight is 728 g/mol. The first-order valence-corrected chi connectivity index (χ1v) is 13.6. The zero-order chi connectivity index (χ0) is 25.8. The molecule has 1 saturated heterocycles. The molecule has 1 heterocycles. The third-order valence-electron chi connectivity index (χ3n) is 5.09. The fourth-order valence-corrected chi connectivity index (χ4v) is 6.36. The number of nitrogens with zero attached hydrogens (tertiary/aromatic N) is 1. The van der Waals surface area contributed by atoms with Gasteiger partial charge in [0.15, 0.2) is 0 Å². The number of imide groups is 1. The van der Waals surface area contributed by atoms with Crippen LogP contribution in [-0.2, 0) is 16.2 Å². The Morgan fingerprint density at radius 3 is 2.44 bits per heavy atom. The molecule has 0 aromatic heterocycles. The summed E-state index contributed by atoms with van der Waals surface area (Å²) in [6, 6.07) is 17.1. The fraction of sp³-hybridized carbons (Fsp3) is 0.115. The Morgan fingerprint density at radius 1 is 1.08 bits per heavy atom. The molecular weight excluding hydrogens is 709 g/mol. The van der Waals surface area contributed by atoms with E-state index in [0.717, 1.165) is 40.5 Å². The number of carbonyl (C=O) groups is 3. The number of benzene rings is 3. The number of rotatable bonds is 7. The molecule has 36 heavy (non-hydrogen) atoms. The maximum atomic E-state index is 13.1. The molecule has 10 heteroatoms. The molecule has 1 fully saturated rings. The van der Waals surface area contributed by atoms with Gasteiger partial charge in [-0.3, -0.25) is 19.3 Å². The second kappa shape index (κ2) is 11.7. The van der Waals surface area contributed by atoms with Gasteiger partial charge in [0.2, 0.25) is 5.91 Å². The number of anilines is 1. The molecule has 0 radical (unpaired) electrons. The Kier molecular flexibility index (Phi) is 8.67. The van der Waals surface area contributed by atoms with Crippen LogP contribution in [0.1, 0.15) is 16.7 Å². The van der Waals surface area contributed by atoms with Gasteiger partial charge in [-0.05, 0) is 123 Å². The van der Waals surface area contributed by atoms with Gasteiger partial charge >= 0.3 is 0 Å². The van der Waals surface area contributed by atoms with E-state index in [9.17, 15) is 18.8 Å². The maximum Gasteiger partial charge on any atom is 0.294 e. The molecular formula is C26H19FI2N2O4S. The molecule has 3 amide bonds. The number of hydrogen-bond donors (Lipinski definition) is 1. The van der Waals surface area contributed by atoms with Crippen LogP contribution in [0.25, 0.3) is 6.08 Å². The van der Waals surface area contributed by atoms with Crippen molar-refractivity contribution in [2.24, 2.45) is 0 Å².